The molecule has 0 aliphatic heterocycles. The largest absolute Gasteiger partial charge is 0.264 e. The quantitative estimate of drug-likeness (QED) is 0.608. The first-order valence-electron chi connectivity index (χ1n) is 2.93. The summed E-state index contributed by atoms with van der Waals surface area (Å²) in [7, 11) is 0. The topological polar surface area (TPSA) is 32.8 Å². The second-order valence-corrected chi connectivity index (χ2v) is 2.68. The van der Waals surface area contributed by atoms with E-state index in [-0.39, 0.29) is 6.61 Å². The number of nitrogens with zero attached hydrogens (tertiary/aromatic N) is 1. The first kappa shape index (κ1) is 7.57. The van der Waals surface area contributed by atoms with Crippen LogP contribution in [0, 0.1) is 0 Å². The van der Waals surface area contributed by atoms with Gasteiger partial charge in [0.25, 0.3) is 0 Å². The molecular formula is C7H8NOS. The van der Waals surface area contributed by atoms with Crippen molar-refractivity contribution in [3.05, 3.63) is 24.0 Å². The Balaban J connectivity index is 2.96. The smallest absolute Gasteiger partial charge is 0.108 e. The average Bonchev–Trinajstić information content (AvgIpc) is 2.04. The summed E-state index contributed by atoms with van der Waals surface area (Å²) >= 11 is 1.56. The van der Waals surface area contributed by atoms with E-state index >= 15 is 0 Å². The minimum absolute atomic E-state index is 0.154. The van der Waals surface area contributed by atoms with Gasteiger partial charge in [-0.25, -0.2) is 5.11 Å². The number of aromatic nitrogens is 1. The molecule has 1 radical (unpaired) electrons. The second kappa shape index (κ2) is 3.58. The molecule has 1 aromatic rings. The molecule has 0 spiro atoms. The molecule has 0 bridgehead atoms. The maximum absolute atomic E-state index is 10.5. The molecule has 53 valence electrons. The van der Waals surface area contributed by atoms with E-state index in [1.54, 1.807) is 30.2 Å². The lowest BCUT2D eigenvalue weighted by Crippen LogP contribution is -1.85. The summed E-state index contributed by atoms with van der Waals surface area (Å²) in [5.74, 6) is 0. The fraction of sp³-hybridized carbons (Fsp3) is 0.286. The molecule has 0 amide bonds. The lowest BCUT2D eigenvalue weighted by molar-refractivity contribution is 0.175. The molecule has 2 nitrogen and oxygen atoms in total. The van der Waals surface area contributed by atoms with Crippen LogP contribution < -0.4 is 0 Å². The van der Waals surface area contributed by atoms with Crippen LogP contribution >= 0.6 is 11.8 Å². The summed E-state index contributed by atoms with van der Waals surface area (Å²) in [6, 6.07) is 1.76. The third-order valence-electron chi connectivity index (χ3n) is 1.25. The Labute approximate surface area is 64.3 Å². The molecule has 0 aromatic carbocycles. The van der Waals surface area contributed by atoms with Crippen LogP contribution in [0.4, 0.5) is 0 Å². The molecule has 1 heterocycles. The van der Waals surface area contributed by atoms with Crippen molar-refractivity contribution < 1.29 is 5.11 Å². The minimum Gasteiger partial charge on any atom is -0.264 e. The third kappa shape index (κ3) is 1.49. The van der Waals surface area contributed by atoms with Crippen molar-refractivity contribution in [2.24, 2.45) is 0 Å². The molecule has 1 aromatic heterocycles. The molecule has 0 unspecified atom stereocenters. The molecule has 0 aliphatic rings. The Morgan fingerprint density at radius 1 is 1.70 bits per heavy atom. The van der Waals surface area contributed by atoms with Crippen molar-refractivity contribution in [1.29, 1.82) is 0 Å². The Morgan fingerprint density at radius 3 is 3.00 bits per heavy atom. The van der Waals surface area contributed by atoms with Gasteiger partial charge in [-0.05, 0) is 17.9 Å². The highest BCUT2D eigenvalue weighted by molar-refractivity contribution is 7.98. The van der Waals surface area contributed by atoms with Crippen molar-refractivity contribution in [2.75, 3.05) is 6.26 Å². The van der Waals surface area contributed by atoms with Crippen molar-refractivity contribution in [1.82, 2.24) is 4.98 Å². The molecule has 0 atom stereocenters. The van der Waals surface area contributed by atoms with E-state index < -0.39 is 0 Å². The molecule has 0 fully saturated rings. The van der Waals surface area contributed by atoms with Gasteiger partial charge in [0.05, 0.1) is 0 Å². The Kier molecular flexibility index (Phi) is 2.71. The Morgan fingerprint density at radius 2 is 2.50 bits per heavy atom. The number of hydrogen-bond donors (Lipinski definition) is 0. The van der Waals surface area contributed by atoms with Crippen LogP contribution in [-0.4, -0.2) is 11.2 Å². The summed E-state index contributed by atoms with van der Waals surface area (Å²) in [4.78, 5) is 4.89. The van der Waals surface area contributed by atoms with E-state index in [9.17, 15) is 5.11 Å². The van der Waals surface area contributed by atoms with Crippen LogP contribution in [0.25, 0.3) is 0 Å². The van der Waals surface area contributed by atoms with Gasteiger partial charge in [0, 0.05) is 17.3 Å². The molecule has 0 saturated heterocycles. The Bertz CT molecular complexity index is 192. The molecule has 1 rings (SSSR count). The van der Waals surface area contributed by atoms with Gasteiger partial charge in [0.15, 0.2) is 0 Å². The fourth-order valence-corrected chi connectivity index (χ4v) is 1.27. The highest BCUT2D eigenvalue weighted by atomic mass is 32.2. The summed E-state index contributed by atoms with van der Waals surface area (Å²) in [5, 5.41) is 10.5. The van der Waals surface area contributed by atoms with Crippen molar-refractivity contribution in [3.63, 3.8) is 0 Å². The fourth-order valence-electron chi connectivity index (χ4n) is 0.712. The maximum Gasteiger partial charge on any atom is 0.108 e. The van der Waals surface area contributed by atoms with E-state index in [0.717, 1.165) is 10.5 Å². The van der Waals surface area contributed by atoms with Crippen LogP contribution in [0.1, 0.15) is 5.56 Å². The number of pyridine rings is 1. The Hall–Kier alpha value is -0.540. The van der Waals surface area contributed by atoms with Gasteiger partial charge in [-0.3, -0.25) is 4.98 Å². The van der Waals surface area contributed by atoms with E-state index in [1.807, 2.05) is 6.26 Å². The van der Waals surface area contributed by atoms with Crippen molar-refractivity contribution in [2.45, 2.75) is 11.5 Å². The van der Waals surface area contributed by atoms with E-state index in [0.29, 0.717) is 0 Å². The summed E-state index contributed by atoms with van der Waals surface area (Å²) in [6.45, 7) is -0.154. The van der Waals surface area contributed by atoms with Crippen LogP contribution in [-0.2, 0) is 11.7 Å². The SMILES string of the molecule is CSc1cnccc1C[O]. The zero-order chi connectivity index (χ0) is 7.40. The van der Waals surface area contributed by atoms with Gasteiger partial charge in [-0.2, -0.15) is 0 Å². The standard InChI is InChI=1S/C7H8NOS/c1-10-7-4-8-3-2-6(7)5-9/h2-4H,5H2,1H3. The van der Waals surface area contributed by atoms with E-state index in [1.165, 1.54) is 0 Å². The van der Waals surface area contributed by atoms with Gasteiger partial charge >= 0.3 is 0 Å². The highest BCUT2D eigenvalue weighted by Gasteiger charge is 1.97. The molecular weight excluding hydrogens is 146 g/mol. The van der Waals surface area contributed by atoms with Gasteiger partial charge in [-0.1, -0.05) is 0 Å². The zero-order valence-corrected chi connectivity index (χ0v) is 6.52. The molecule has 0 aliphatic carbocycles. The van der Waals surface area contributed by atoms with Crippen LogP contribution in [0.3, 0.4) is 0 Å². The lowest BCUT2D eigenvalue weighted by Gasteiger charge is -1.99. The monoisotopic (exact) mass is 154 g/mol. The first-order valence-corrected chi connectivity index (χ1v) is 4.16. The third-order valence-corrected chi connectivity index (χ3v) is 2.05. The van der Waals surface area contributed by atoms with E-state index in [4.69, 9.17) is 0 Å². The molecule has 0 saturated carbocycles. The summed E-state index contributed by atoms with van der Waals surface area (Å²) in [5.41, 5.74) is 0.836. The minimum atomic E-state index is -0.154. The summed E-state index contributed by atoms with van der Waals surface area (Å²) < 4.78 is 0. The van der Waals surface area contributed by atoms with Crippen LogP contribution in [0.15, 0.2) is 23.4 Å². The van der Waals surface area contributed by atoms with Crippen LogP contribution in [0.5, 0.6) is 0 Å². The molecule has 10 heavy (non-hydrogen) atoms. The van der Waals surface area contributed by atoms with Gasteiger partial charge in [-0.15, -0.1) is 11.8 Å². The second-order valence-electron chi connectivity index (χ2n) is 1.83. The average molecular weight is 154 g/mol. The predicted molar refractivity (Wildman–Crippen MR) is 40.4 cm³/mol. The summed E-state index contributed by atoms with van der Waals surface area (Å²) in [6.07, 6.45) is 5.31. The number of thioether (sulfide) groups is 1. The predicted octanol–water partition coefficient (Wildman–Crippen LogP) is 1.73. The molecule has 3 heteroatoms. The lowest BCUT2D eigenvalue weighted by atomic mass is 10.3. The van der Waals surface area contributed by atoms with Crippen molar-refractivity contribution >= 4 is 11.8 Å². The van der Waals surface area contributed by atoms with Gasteiger partial charge in [0.2, 0.25) is 0 Å². The van der Waals surface area contributed by atoms with E-state index in [2.05, 4.69) is 4.98 Å². The number of rotatable bonds is 2. The normalized spacial score (nSPS) is 9.80. The number of hydrogen-bond acceptors (Lipinski definition) is 2. The van der Waals surface area contributed by atoms with Gasteiger partial charge < -0.3 is 0 Å². The zero-order valence-electron chi connectivity index (χ0n) is 5.70. The van der Waals surface area contributed by atoms with Crippen LogP contribution in [0.2, 0.25) is 0 Å². The van der Waals surface area contributed by atoms with Crippen molar-refractivity contribution in [3.8, 4) is 0 Å². The highest BCUT2D eigenvalue weighted by Crippen LogP contribution is 2.17. The van der Waals surface area contributed by atoms with Gasteiger partial charge in [0.1, 0.15) is 6.61 Å². The first-order chi connectivity index (χ1) is 4.88. The molecule has 0 N–H and O–H groups in total. The maximum atomic E-state index is 10.5.